The molecule has 5 nitrogen and oxygen atoms in total. The van der Waals surface area contributed by atoms with Crippen molar-refractivity contribution in [1.29, 1.82) is 0 Å². The Kier molecular flexibility index (Phi) is 6.65. The van der Waals surface area contributed by atoms with Crippen LogP contribution in [0.1, 0.15) is 30.5 Å². The maximum absolute atomic E-state index is 13.4. The molecule has 1 aromatic heterocycles. The predicted octanol–water partition coefficient (Wildman–Crippen LogP) is 6.46. The third-order valence-corrected chi connectivity index (χ3v) is 6.06. The highest BCUT2D eigenvalue weighted by molar-refractivity contribution is 5.95. The molecular formula is C26H26ClFN4O. The van der Waals surface area contributed by atoms with Gasteiger partial charge in [0.1, 0.15) is 22.9 Å². The number of fused-ring (bicyclic) bond motifs is 2. The Labute approximate surface area is 199 Å². The fourth-order valence-electron chi connectivity index (χ4n) is 4.56. The number of halogens is 2. The van der Waals surface area contributed by atoms with Crippen molar-refractivity contribution in [3.63, 3.8) is 0 Å². The summed E-state index contributed by atoms with van der Waals surface area (Å²) < 4.78 is 19.0. The fraction of sp³-hybridized carbons (Fsp3) is 0.231. The number of nitrogens with one attached hydrogen (secondary N) is 1. The zero-order chi connectivity index (χ0) is 22.1. The molecule has 1 N–H and O–H groups in total. The summed E-state index contributed by atoms with van der Waals surface area (Å²) in [6, 6.07) is 21.0. The lowest BCUT2D eigenvalue weighted by Gasteiger charge is -2.38. The first kappa shape index (κ1) is 22.8. The Balaban J connectivity index is 0.00000259. The zero-order valence-electron chi connectivity index (χ0n) is 18.6. The van der Waals surface area contributed by atoms with Crippen molar-refractivity contribution in [1.82, 2.24) is 9.97 Å². The molecule has 3 aromatic carbocycles. The maximum atomic E-state index is 13.4. The molecule has 0 bridgehead atoms. The Morgan fingerprint density at radius 1 is 1.03 bits per heavy atom. The lowest BCUT2D eigenvalue weighted by Crippen LogP contribution is -2.36. The summed E-state index contributed by atoms with van der Waals surface area (Å²) in [6.45, 7) is 3.08. The number of anilines is 3. The van der Waals surface area contributed by atoms with Gasteiger partial charge in [0.2, 0.25) is 5.95 Å². The van der Waals surface area contributed by atoms with Crippen molar-refractivity contribution < 1.29 is 9.13 Å². The summed E-state index contributed by atoms with van der Waals surface area (Å²) in [7, 11) is 1.65. The van der Waals surface area contributed by atoms with Crippen LogP contribution in [0, 0.1) is 5.82 Å². The minimum atomic E-state index is -0.282. The van der Waals surface area contributed by atoms with Crippen molar-refractivity contribution in [2.75, 3.05) is 23.9 Å². The van der Waals surface area contributed by atoms with Crippen LogP contribution in [0.25, 0.3) is 10.9 Å². The van der Waals surface area contributed by atoms with E-state index in [4.69, 9.17) is 14.7 Å². The summed E-state index contributed by atoms with van der Waals surface area (Å²) in [5.74, 6) is 1.74. The van der Waals surface area contributed by atoms with Crippen LogP contribution in [-0.2, 0) is 6.42 Å². The molecule has 7 heteroatoms. The SMILES string of the molecule is CCC1c2ccccc2CCN1c1nc(Nc2ccc(F)cc2)nc2c(OC)cccc12.Cl. The number of aromatic nitrogens is 2. The van der Waals surface area contributed by atoms with Crippen LogP contribution in [0.5, 0.6) is 5.75 Å². The first-order chi connectivity index (χ1) is 15.7. The molecule has 1 aliphatic rings. The normalized spacial score (nSPS) is 15.0. The van der Waals surface area contributed by atoms with E-state index in [2.05, 4.69) is 41.4 Å². The monoisotopic (exact) mass is 464 g/mol. The van der Waals surface area contributed by atoms with Gasteiger partial charge in [0.15, 0.2) is 0 Å². The maximum Gasteiger partial charge on any atom is 0.229 e. The van der Waals surface area contributed by atoms with Gasteiger partial charge in [-0.1, -0.05) is 37.3 Å². The molecule has 1 atom stereocenters. The first-order valence-corrected chi connectivity index (χ1v) is 10.9. The predicted molar refractivity (Wildman–Crippen MR) is 134 cm³/mol. The Hall–Kier alpha value is -3.38. The van der Waals surface area contributed by atoms with Gasteiger partial charge in [-0.3, -0.25) is 0 Å². The second kappa shape index (κ2) is 9.63. The number of para-hydroxylation sites is 1. The molecule has 0 saturated carbocycles. The van der Waals surface area contributed by atoms with E-state index in [1.165, 1.54) is 23.3 Å². The van der Waals surface area contributed by atoms with Crippen molar-refractivity contribution in [2.24, 2.45) is 0 Å². The van der Waals surface area contributed by atoms with E-state index in [9.17, 15) is 4.39 Å². The van der Waals surface area contributed by atoms with Gasteiger partial charge in [-0.15, -0.1) is 12.4 Å². The minimum Gasteiger partial charge on any atom is -0.494 e. The van der Waals surface area contributed by atoms with E-state index in [-0.39, 0.29) is 24.3 Å². The molecule has 0 amide bonds. The van der Waals surface area contributed by atoms with E-state index in [1.807, 2.05) is 18.2 Å². The number of nitrogens with zero attached hydrogens (tertiary/aromatic N) is 3. The second-order valence-corrected chi connectivity index (χ2v) is 7.93. The lowest BCUT2D eigenvalue weighted by molar-refractivity contribution is 0.419. The van der Waals surface area contributed by atoms with E-state index < -0.39 is 0 Å². The summed E-state index contributed by atoms with van der Waals surface area (Å²) in [5.41, 5.74) is 4.22. The van der Waals surface area contributed by atoms with Gasteiger partial charge in [-0.25, -0.2) is 9.37 Å². The molecule has 0 spiro atoms. The third-order valence-electron chi connectivity index (χ3n) is 6.06. The number of rotatable bonds is 5. The van der Waals surface area contributed by atoms with Crippen molar-refractivity contribution in [3.8, 4) is 5.75 Å². The second-order valence-electron chi connectivity index (χ2n) is 7.93. The van der Waals surface area contributed by atoms with Crippen LogP contribution < -0.4 is 15.0 Å². The highest BCUT2D eigenvalue weighted by atomic mass is 35.5. The van der Waals surface area contributed by atoms with Gasteiger partial charge in [0.05, 0.1) is 13.2 Å². The van der Waals surface area contributed by atoms with Crippen LogP contribution in [0.4, 0.5) is 21.8 Å². The summed E-state index contributed by atoms with van der Waals surface area (Å²) in [5, 5.41) is 4.19. The molecule has 0 radical (unpaired) electrons. The molecule has 2 heterocycles. The third kappa shape index (κ3) is 4.31. The van der Waals surface area contributed by atoms with Gasteiger partial charge < -0.3 is 15.0 Å². The van der Waals surface area contributed by atoms with Gasteiger partial charge in [0.25, 0.3) is 0 Å². The largest absolute Gasteiger partial charge is 0.494 e. The number of hydrogen-bond donors (Lipinski definition) is 1. The Morgan fingerprint density at radius 3 is 2.58 bits per heavy atom. The van der Waals surface area contributed by atoms with E-state index >= 15 is 0 Å². The highest BCUT2D eigenvalue weighted by Crippen LogP contribution is 2.39. The number of hydrogen-bond acceptors (Lipinski definition) is 5. The van der Waals surface area contributed by atoms with Gasteiger partial charge in [-0.2, -0.15) is 4.98 Å². The smallest absolute Gasteiger partial charge is 0.229 e. The van der Waals surface area contributed by atoms with Crippen molar-refractivity contribution in [3.05, 3.63) is 83.7 Å². The molecule has 4 aromatic rings. The Morgan fingerprint density at radius 2 is 1.82 bits per heavy atom. The average molecular weight is 465 g/mol. The molecule has 33 heavy (non-hydrogen) atoms. The van der Waals surface area contributed by atoms with E-state index in [0.29, 0.717) is 11.7 Å². The number of ether oxygens (including phenoxy) is 1. The molecule has 0 saturated heterocycles. The van der Waals surface area contributed by atoms with Crippen LogP contribution in [0.15, 0.2) is 66.7 Å². The lowest BCUT2D eigenvalue weighted by atomic mass is 9.91. The standard InChI is InChI=1S/C26H25FN4O.ClH/c1-3-22-20-8-5-4-7-17(20)15-16-31(22)25-21-9-6-10-23(32-2)24(21)29-26(30-25)28-19-13-11-18(27)12-14-19;/h4-14,22H,3,15-16H2,1-2H3,(H,28,29,30);1H. The molecule has 0 aliphatic carbocycles. The quantitative estimate of drug-likeness (QED) is 0.367. The van der Waals surface area contributed by atoms with E-state index in [0.717, 1.165) is 41.8 Å². The van der Waals surface area contributed by atoms with Gasteiger partial charge in [0, 0.05) is 17.6 Å². The summed E-state index contributed by atoms with van der Waals surface area (Å²) >= 11 is 0. The number of methoxy groups -OCH3 is 1. The molecule has 1 unspecified atom stereocenters. The van der Waals surface area contributed by atoms with E-state index in [1.54, 1.807) is 19.2 Å². The molecule has 1 aliphatic heterocycles. The summed E-state index contributed by atoms with van der Waals surface area (Å²) in [6.07, 6.45) is 1.93. The molecule has 170 valence electrons. The topological polar surface area (TPSA) is 50.3 Å². The Bertz CT molecular complexity index is 1270. The minimum absolute atomic E-state index is 0. The van der Waals surface area contributed by atoms with Crippen LogP contribution in [0.2, 0.25) is 0 Å². The average Bonchev–Trinajstić information content (AvgIpc) is 2.84. The van der Waals surface area contributed by atoms with Gasteiger partial charge >= 0.3 is 0 Å². The molecule has 0 fully saturated rings. The molecular weight excluding hydrogens is 439 g/mol. The van der Waals surface area contributed by atoms with Crippen LogP contribution in [-0.4, -0.2) is 23.6 Å². The summed E-state index contributed by atoms with van der Waals surface area (Å²) in [4.78, 5) is 12.1. The van der Waals surface area contributed by atoms with Crippen molar-refractivity contribution in [2.45, 2.75) is 25.8 Å². The molecule has 5 rings (SSSR count). The number of benzene rings is 3. The van der Waals surface area contributed by atoms with Crippen LogP contribution >= 0.6 is 12.4 Å². The van der Waals surface area contributed by atoms with Crippen LogP contribution in [0.3, 0.4) is 0 Å². The fourth-order valence-corrected chi connectivity index (χ4v) is 4.56. The first-order valence-electron chi connectivity index (χ1n) is 10.9. The van der Waals surface area contributed by atoms with Gasteiger partial charge in [-0.05, 0) is 60.4 Å². The zero-order valence-corrected chi connectivity index (χ0v) is 19.4. The van der Waals surface area contributed by atoms with Crippen molar-refractivity contribution >= 4 is 40.8 Å². The highest BCUT2D eigenvalue weighted by Gasteiger charge is 2.29.